The molecule has 5 rings (SSSR count). The van der Waals surface area contributed by atoms with E-state index in [0.717, 1.165) is 21.4 Å². The summed E-state index contributed by atoms with van der Waals surface area (Å²) in [5.74, 6) is 0.272. The normalized spacial score (nSPS) is 14.5. The molecule has 3 heterocycles. The third-order valence-electron chi connectivity index (χ3n) is 5.85. The minimum atomic E-state index is -0.506. The van der Waals surface area contributed by atoms with E-state index in [1.807, 2.05) is 36.4 Å². The first kappa shape index (κ1) is 23.7. The molecule has 184 valence electrons. The van der Waals surface area contributed by atoms with E-state index in [0.29, 0.717) is 30.0 Å². The van der Waals surface area contributed by atoms with Crippen molar-refractivity contribution in [1.29, 1.82) is 0 Å². The van der Waals surface area contributed by atoms with Gasteiger partial charge in [0.25, 0.3) is 5.91 Å². The van der Waals surface area contributed by atoms with Gasteiger partial charge in [0.05, 0.1) is 12.6 Å². The van der Waals surface area contributed by atoms with Crippen LogP contribution >= 0.6 is 11.9 Å². The molecular formula is C26H24N4O5S. The van der Waals surface area contributed by atoms with Crippen molar-refractivity contribution >= 4 is 35.0 Å². The fourth-order valence-electron chi connectivity index (χ4n) is 4.02. The quantitative estimate of drug-likeness (QED) is 0.324. The Labute approximate surface area is 211 Å². The Morgan fingerprint density at radius 3 is 2.86 bits per heavy atom. The third kappa shape index (κ3) is 5.14. The van der Waals surface area contributed by atoms with E-state index < -0.39 is 6.09 Å². The van der Waals surface area contributed by atoms with E-state index in [-0.39, 0.29) is 25.3 Å². The van der Waals surface area contributed by atoms with Crippen molar-refractivity contribution in [3.8, 4) is 5.75 Å². The molecule has 0 fully saturated rings. The number of fused-ring (bicyclic) bond motifs is 2. The van der Waals surface area contributed by atoms with Gasteiger partial charge < -0.3 is 24.5 Å². The highest BCUT2D eigenvalue weighted by atomic mass is 32.2. The van der Waals surface area contributed by atoms with Crippen molar-refractivity contribution in [3.63, 3.8) is 0 Å². The van der Waals surface area contributed by atoms with Crippen LogP contribution in [0.4, 0.5) is 4.79 Å². The smallest absolute Gasteiger partial charge is 0.407 e. The summed E-state index contributed by atoms with van der Waals surface area (Å²) in [6.45, 7) is 0.425. The number of ether oxygens (including phenoxy) is 2. The van der Waals surface area contributed by atoms with Gasteiger partial charge in [-0.25, -0.2) is 9.78 Å². The summed E-state index contributed by atoms with van der Waals surface area (Å²) in [6.07, 6.45) is 3.47. The van der Waals surface area contributed by atoms with E-state index in [9.17, 15) is 14.7 Å². The van der Waals surface area contributed by atoms with Gasteiger partial charge in [-0.1, -0.05) is 36.4 Å². The van der Waals surface area contributed by atoms with E-state index in [4.69, 9.17) is 9.47 Å². The number of rotatable bonds is 7. The van der Waals surface area contributed by atoms with Crippen LogP contribution < -0.4 is 14.8 Å². The van der Waals surface area contributed by atoms with Gasteiger partial charge in [0.1, 0.15) is 24.7 Å². The number of pyridine rings is 1. The second kappa shape index (κ2) is 10.7. The number of carbonyl (C=O) groups is 2. The summed E-state index contributed by atoms with van der Waals surface area (Å²) in [5, 5.41) is 13.1. The van der Waals surface area contributed by atoms with E-state index in [1.54, 1.807) is 41.2 Å². The lowest BCUT2D eigenvalue weighted by atomic mass is 9.99. The van der Waals surface area contributed by atoms with Gasteiger partial charge in [0, 0.05) is 40.2 Å². The number of carbonyl (C=O) groups excluding carboxylic acids is 2. The Kier molecular flexibility index (Phi) is 7.06. The monoisotopic (exact) mass is 504 g/mol. The molecule has 0 spiro atoms. The molecule has 2 aromatic heterocycles. The molecular weight excluding hydrogens is 480 g/mol. The maximum absolute atomic E-state index is 12.8. The number of hydrogen-bond donors (Lipinski definition) is 3. The van der Waals surface area contributed by atoms with Crippen LogP contribution in [-0.2, 0) is 18.1 Å². The molecule has 2 amide bonds. The van der Waals surface area contributed by atoms with Gasteiger partial charge in [-0.2, -0.15) is 0 Å². The molecule has 2 aromatic carbocycles. The Morgan fingerprint density at radius 2 is 2.03 bits per heavy atom. The number of nitrogens with one attached hydrogen (secondary N) is 2. The topological polar surface area (TPSA) is 115 Å². The maximum Gasteiger partial charge on any atom is 0.407 e. The molecule has 0 saturated carbocycles. The molecule has 36 heavy (non-hydrogen) atoms. The van der Waals surface area contributed by atoms with E-state index in [1.165, 1.54) is 11.9 Å². The molecule has 1 atom stereocenters. The lowest BCUT2D eigenvalue weighted by molar-refractivity contribution is 0.0983. The minimum Gasteiger partial charge on any atom is -0.493 e. The summed E-state index contributed by atoms with van der Waals surface area (Å²) in [4.78, 5) is 30.3. The van der Waals surface area contributed by atoms with Crippen molar-refractivity contribution in [2.24, 2.45) is 0 Å². The SMILES string of the molecule is O=C(N[C@H]1CCOc2cc(C(=O)NSc3ccnc4c3ccn4CO)ccc21)OCc1ccccc1. The average Bonchev–Trinajstić information content (AvgIpc) is 3.35. The van der Waals surface area contributed by atoms with Crippen molar-refractivity contribution in [1.82, 2.24) is 19.6 Å². The average molecular weight is 505 g/mol. The fraction of sp³-hybridized carbons (Fsp3) is 0.192. The predicted octanol–water partition coefficient (Wildman–Crippen LogP) is 4.17. The molecule has 4 aromatic rings. The zero-order chi connectivity index (χ0) is 24.9. The van der Waals surface area contributed by atoms with Crippen molar-refractivity contribution in [2.45, 2.75) is 30.7 Å². The molecule has 9 nitrogen and oxygen atoms in total. The van der Waals surface area contributed by atoms with Gasteiger partial charge in [-0.15, -0.1) is 0 Å². The molecule has 0 unspecified atom stereocenters. The summed E-state index contributed by atoms with van der Waals surface area (Å²) >= 11 is 1.18. The second-order valence-corrected chi connectivity index (χ2v) is 9.00. The lowest BCUT2D eigenvalue weighted by Crippen LogP contribution is -2.32. The van der Waals surface area contributed by atoms with Crippen molar-refractivity contribution in [2.75, 3.05) is 6.61 Å². The van der Waals surface area contributed by atoms with Gasteiger partial charge >= 0.3 is 6.09 Å². The van der Waals surface area contributed by atoms with Crippen LogP contribution in [0.25, 0.3) is 11.0 Å². The standard InChI is InChI=1S/C26H24N4O5S/c31-16-30-12-9-20-23(8-11-27-24(20)30)36-29-25(32)18-6-7-19-21(10-13-34-22(19)14-18)28-26(33)35-15-17-4-2-1-3-5-17/h1-9,11-12,14,21,31H,10,13,15-16H2,(H,28,33)(H,29,32)/t21-/m0/s1. The molecule has 0 saturated heterocycles. The minimum absolute atomic E-state index is 0.174. The molecule has 1 aliphatic rings. The molecule has 0 bridgehead atoms. The molecule has 1 aliphatic heterocycles. The Bertz CT molecular complexity index is 1390. The molecule has 0 aliphatic carbocycles. The molecule has 3 N–H and O–H groups in total. The Hall–Kier alpha value is -4.02. The maximum atomic E-state index is 12.8. The zero-order valence-corrected chi connectivity index (χ0v) is 20.0. The van der Waals surface area contributed by atoms with Crippen LogP contribution in [0.1, 0.15) is 33.9 Å². The Morgan fingerprint density at radius 1 is 1.17 bits per heavy atom. The number of alkyl carbamates (subject to hydrolysis) is 1. The second-order valence-electron chi connectivity index (χ2n) is 8.15. The number of aliphatic hydroxyl groups excluding tert-OH is 1. The van der Waals surface area contributed by atoms with E-state index >= 15 is 0 Å². The van der Waals surface area contributed by atoms with Crippen LogP contribution in [0.2, 0.25) is 0 Å². The van der Waals surface area contributed by atoms with Crippen LogP contribution in [0.15, 0.2) is 78.0 Å². The largest absolute Gasteiger partial charge is 0.493 e. The van der Waals surface area contributed by atoms with Gasteiger partial charge in [-0.05, 0) is 41.8 Å². The summed E-state index contributed by atoms with van der Waals surface area (Å²) in [7, 11) is 0. The number of amides is 2. The van der Waals surface area contributed by atoms with Crippen molar-refractivity contribution in [3.05, 3.63) is 89.7 Å². The number of hydrogen-bond acceptors (Lipinski definition) is 7. The number of aromatic nitrogens is 2. The fourth-order valence-corrected chi connectivity index (χ4v) is 4.74. The highest BCUT2D eigenvalue weighted by molar-refractivity contribution is 7.98. The summed E-state index contributed by atoms with van der Waals surface area (Å²) in [6, 6.07) is 18.0. The van der Waals surface area contributed by atoms with Crippen LogP contribution in [0.3, 0.4) is 0 Å². The lowest BCUT2D eigenvalue weighted by Gasteiger charge is -2.26. The van der Waals surface area contributed by atoms with Gasteiger partial charge in [0.2, 0.25) is 0 Å². The van der Waals surface area contributed by atoms with Gasteiger partial charge in [0.15, 0.2) is 0 Å². The number of benzene rings is 2. The molecule has 10 heteroatoms. The summed E-state index contributed by atoms with van der Waals surface area (Å²) in [5.41, 5.74) is 2.78. The van der Waals surface area contributed by atoms with Crippen LogP contribution in [-0.4, -0.2) is 33.3 Å². The first-order valence-electron chi connectivity index (χ1n) is 11.4. The van der Waals surface area contributed by atoms with E-state index in [2.05, 4.69) is 15.0 Å². The van der Waals surface area contributed by atoms with Crippen LogP contribution in [0.5, 0.6) is 5.75 Å². The third-order valence-corrected chi connectivity index (χ3v) is 6.71. The first-order valence-corrected chi connectivity index (χ1v) is 12.2. The Balaban J connectivity index is 1.22. The van der Waals surface area contributed by atoms with Gasteiger partial charge in [-0.3, -0.25) is 9.52 Å². The highest BCUT2D eigenvalue weighted by Crippen LogP contribution is 2.33. The predicted molar refractivity (Wildman–Crippen MR) is 134 cm³/mol. The van der Waals surface area contributed by atoms with Crippen molar-refractivity contribution < 1.29 is 24.2 Å². The number of aliphatic hydroxyl groups is 1. The summed E-state index contributed by atoms with van der Waals surface area (Å²) < 4.78 is 15.6. The molecule has 0 radical (unpaired) electrons. The first-order chi connectivity index (χ1) is 17.6. The zero-order valence-electron chi connectivity index (χ0n) is 19.2. The highest BCUT2D eigenvalue weighted by Gasteiger charge is 2.25. The number of nitrogens with zero attached hydrogens (tertiary/aromatic N) is 2. The van der Waals surface area contributed by atoms with Crippen LogP contribution in [0, 0.1) is 0 Å².